The summed E-state index contributed by atoms with van der Waals surface area (Å²) >= 11 is 0. The standard InChI is InChI=1S/C24H30N8O6/c25-17(11-33)21(34)30-18(6-14-4-2-1-3-5-14)22(35)31-19(7-15-9-26-12-28-15)23(36)32-20(24(37)38)8-16-10-27-13-29-16/h1-5,9-10,12-13,17-20,33H,6-8,11,25H2,(H,26,28)(H,27,29)(H,30,34)(H,31,35)(H,32,36)(H,37,38). The number of aliphatic hydroxyl groups is 1. The molecule has 2 heterocycles. The lowest BCUT2D eigenvalue weighted by Crippen LogP contribution is -2.58. The molecule has 0 fully saturated rings. The number of carbonyl (C=O) groups is 4. The maximum atomic E-state index is 13.3. The third-order valence-corrected chi connectivity index (χ3v) is 5.65. The van der Waals surface area contributed by atoms with Crippen LogP contribution >= 0.6 is 0 Å². The van der Waals surface area contributed by atoms with Gasteiger partial charge in [0.15, 0.2) is 0 Å². The van der Waals surface area contributed by atoms with E-state index >= 15 is 0 Å². The molecule has 14 heteroatoms. The molecule has 4 atom stereocenters. The zero-order valence-corrected chi connectivity index (χ0v) is 20.3. The summed E-state index contributed by atoms with van der Waals surface area (Å²) in [6.45, 7) is -0.622. The van der Waals surface area contributed by atoms with Gasteiger partial charge in [-0.3, -0.25) is 14.4 Å². The minimum Gasteiger partial charge on any atom is -0.480 e. The van der Waals surface area contributed by atoms with Crippen LogP contribution in [0.15, 0.2) is 55.4 Å². The molecule has 0 aliphatic heterocycles. The number of aliphatic carboxylic acids is 1. The number of carboxylic acid groups (broad SMARTS) is 1. The number of nitrogens with two attached hydrogens (primary N) is 1. The van der Waals surface area contributed by atoms with Gasteiger partial charge in [-0.25, -0.2) is 14.8 Å². The van der Waals surface area contributed by atoms with Crippen molar-refractivity contribution in [3.8, 4) is 0 Å². The highest BCUT2D eigenvalue weighted by molar-refractivity contribution is 5.94. The molecule has 1 aromatic carbocycles. The van der Waals surface area contributed by atoms with Crippen LogP contribution in [0, 0.1) is 0 Å². The number of aliphatic hydroxyl groups excluding tert-OH is 1. The van der Waals surface area contributed by atoms with E-state index in [1.54, 1.807) is 30.3 Å². The van der Waals surface area contributed by atoms with Gasteiger partial charge in [0.25, 0.3) is 0 Å². The third kappa shape index (κ3) is 8.25. The van der Waals surface area contributed by atoms with Crippen LogP contribution in [0.3, 0.4) is 0 Å². The number of aromatic nitrogens is 4. The lowest BCUT2D eigenvalue weighted by molar-refractivity contribution is -0.142. The number of carboxylic acids is 1. The van der Waals surface area contributed by atoms with Crippen LogP contribution in [0.5, 0.6) is 0 Å². The van der Waals surface area contributed by atoms with Gasteiger partial charge in [-0.1, -0.05) is 30.3 Å². The van der Waals surface area contributed by atoms with Gasteiger partial charge in [-0.05, 0) is 5.56 Å². The van der Waals surface area contributed by atoms with E-state index in [1.807, 2.05) is 0 Å². The van der Waals surface area contributed by atoms with E-state index < -0.39 is 54.5 Å². The molecule has 3 aromatic rings. The lowest BCUT2D eigenvalue weighted by Gasteiger charge is -2.25. The van der Waals surface area contributed by atoms with Crippen molar-refractivity contribution in [1.29, 1.82) is 0 Å². The van der Waals surface area contributed by atoms with Crippen LogP contribution in [-0.4, -0.2) is 84.6 Å². The summed E-state index contributed by atoms with van der Waals surface area (Å²) < 4.78 is 0. The Balaban J connectivity index is 1.79. The molecule has 3 amide bonds. The molecule has 0 saturated carbocycles. The molecule has 9 N–H and O–H groups in total. The first kappa shape index (κ1) is 28.0. The summed E-state index contributed by atoms with van der Waals surface area (Å²) in [5.41, 5.74) is 7.34. The molecule has 202 valence electrons. The Bertz CT molecular complexity index is 1190. The Kier molecular flexibility index (Phi) is 10.1. The van der Waals surface area contributed by atoms with E-state index in [0.717, 1.165) is 5.56 Å². The van der Waals surface area contributed by atoms with E-state index in [1.165, 1.54) is 25.0 Å². The van der Waals surface area contributed by atoms with Crippen molar-refractivity contribution < 1.29 is 29.4 Å². The Morgan fingerprint density at radius 3 is 1.79 bits per heavy atom. The molecule has 0 radical (unpaired) electrons. The number of carbonyl (C=O) groups excluding carboxylic acids is 3. The summed E-state index contributed by atoms with van der Waals surface area (Å²) in [6.07, 6.45) is 5.69. The molecule has 0 aliphatic rings. The van der Waals surface area contributed by atoms with Crippen molar-refractivity contribution in [2.24, 2.45) is 5.73 Å². The second kappa shape index (κ2) is 13.7. The van der Waals surface area contributed by atoms with Gasteiger partial charge in [-0.2, -0.15) is 0 Å². The van der Waals surface area contributed by atoms with E-state index in [-0.39, 0.29) is 19.3 Å². The molecule has 14 nitrogen and oxygen atoms in total. The number of amides is 3. The van der Waals surface area contributed by atoms with Crippen molar-refractivity contribution in [2.45, 2.75) is 43.4 Å². The second-order valence-electron chi connectivity index (χ2n) is 8.56. The summed E-state index contributed by atoms with van der Waals surface area (Å²) in [4.78, 5) is 64.2. The van der Waals surface area contributed by atoms with Crippen molar-refractivity contribution in [3.05, 3.63) is 72.3 Å². The predicted molar refractivity (Wildman–Crippen MR) is 133 cm³/mol. The summed E-state index contributed by atoms with van der Waals surface area (Å²) in [5.74, 6) is -3.47. The SMILES string of the molecule is NC(CO)C(=O)NC(Cc1ccccc1)C(=O)NC(Cc1cnc[nH]1)C(=O)NC(Cc1cnc[nH]1)C(=O)O. The van der Waals surface area contributed by atoms with Crippen molar-refractivity contribution in [2.75, 3.05) is 6.61 Å². The van der Waals surface area contributed by atoms with Crippen molar-refractivity contribution in [1.82, 2.24) is 35.9 Å². The Hall–Kier alpha value is -4.56. The number of aromatic amines is 2. The first-order chi connectivity index (χ1) is 18.3. The first-order valence-corrected chi connectivity index (χ1v) is 11.8. The normalized spacial score (nSPS) is 14.1. The molecule has 0 aliphatic carbocycles. The molecular formula is C24H30N8O6. The Labute approximate surface area is 217 Å². The lowest BCUT2D eigenvalue weighted by atomic mass is 10.0. The Morgan fingerprint density at radius 2 is 1.29 bits per heavy atom. The molecule has 4 unspecified atom stereocenters. The average Bonchev–Trinajstić information content (AvgIpc) is 3.62. The number of benzene rings is 1. The zero-order chi connectivity index (χ0) is 27.5. The molecule has 0 bridgehead atoms. The molecule has 3 rings (SSSR count). The summed E-state index contributed by atoms with van der Waals surface area (Å²) in [7, 11) is 0. The van der Waals surface area contributed by atoms with Crippen LogP contribution in [0.1, 0.15) is 17.0 Å². The number of hydrogen-bond donors (Lipinski definition) is 8. The monoisotopic (exact) mass is 526 g/mol. The fourth-order valence-electron chi connectivity index (χ4n) is 3.61. The van der Waals surface area contributed by atoms with Gasteiger partial charge < -0.3 is 41.9 Å². The smallest absolute Gasteiger partial charge is 0.326 e. The van der Waals surface area contributed by atoms with Crippen LogP contribution in [0.25, 0.3) is 0 Å². The van der Waals surface area contributed by atoms with E-state index in [2.05, 4.69) is 35.9 Å². The van der Waals surface area contributed by atoms with E-state index in [4.69, 9.17) is 5.73 Å². The number of nitrogens with one attached hydrogen (secondary N) is 5. The van der Waals surface area contributed by atoms with Gasteiger partial charge in [0.2, 0.25) is 17.7 Å². The number of imidazole rings is 2. The maximum Gasteiger partial charge on any atom is 0.326 e. The highest BCUT2D eigenvalue weighted by Gasteiger charge is 2.31. The minimum atomic E-state index is -1.30. The van der Waals surface area contributed by atoms with Crippen molar-refractivity contribution in [3.63, 3.8) is 0 Å². The van der Waals surface area contributed by atoms with E-state index in [9.17, 15) is 29.4 Å². The molecule has 0 spiro atoms. The third-order valence-electron chi connectivity index (χ3n) is 5.65. The number of hydrogen-bond acceptors (Lipinski definition) is 8. The fourth-order valence-corrected chi connectivity index (χ4v) is 3.61. The van der Waals surface area contributed by atoms with Gasteiger partial charge in [0.05, 0.1) is 19.3 Å². The largest absolute Gasteiger partial charge is 0.480 e. The van der Waals surface area contributed by atoms with Crippen LogP contribution in [0.2, 0.25) is 0 Å². The maximum absolute atomic E-state index is 13.3. The van der Waals surface area contributed by atoms with E-state index in [0.29, 0.717) is 11.4 Å². The zero-order valence-electron chi connectivity index (χ0n) is 20.3. The Morgan fingerprint density at radius 1 is 0.789 bits per heavy atom. The number of H-pyrrole nitrogens is 2. The summed E-state index contributed by atoms with van der Waals surface area (Å²) in [5, 5.41) is 26.4. The second-order valence-corrected chi connectivity index (χ2v) is 8.56. The molecule has 38 heavy (non-hydrogen) atoms. The molecule has 2 aromatic heterocycles. The quantitative estimate of drug-likeness (QED) is 0.116. The van der Waals surface area contributed by atoms with Gasteiger partial charge in [-0.15, -0.1) is 0 Å². The van der Waals surface area contributed by atoms with Crippen molar-refractivity contribution >= 4 is 23.7 Å². The highest BCUT2D eigenvalue weighted by Crippen LogP contribution is 2.07. The average molecular weight is 527 g/mol. The predicted octanol–water partition coefficient (Wildman–Crippen LogP) is -1.98. The van der Waals surface area contributed by atoms with Gasteiger partial charge in [0.1, 0.15) is 24.2 Å². The highest BCUT2D eigenvalue weighted by atomic mass is 16.4. The van der Waals surface area contributed by atoms with Gasteiger partial charge in [0, 0.05) is 43.0 Å². The minimum absolute atomic E-state index is 0.0316. The van der Waals surface area contributed by atoms with Crippen LogP contribution < -0.4 is 21.7 Å². The molecule has 0 saturated heterocycles. The molecular weight excluding hydrogens is 496 g/mol. The first-order valence-electron chi connectivity index (χ1n) is 11.8. The van der Waals surface area contributed by atoms with Gasteiger partial charge >= 0.3 is 5.97 Å². The van der Waals surface area contributed by atoms with Crippen LogP contribution in [-0.2, 0) is 38.4 Å². The topological polar surface area (TPSA) is 228 Å². The number of rotatable bonds is 14. The van der Waals surface area contributed by atoms with Crippen LogP contribution in [0.4, 0.5) is 0 Å². The summed E-state index contributed by atoms with van der Waals surface area (Å²) in [6, 6.07) is 3.97. The fraction of sp³-hybridized carbons (Fsp3) is 0.333. The number of nitrogens with zero attached hydrogens (tertiary/aromatic N) is 2.